The van der Waals surface area contributed by atoms with Gasteiger partial charge in [0.15, 0.2) is 0 Å². The van der Waals surface area contributed by atoms with Gasteiger partial charge in [-0.05, 0) is 55.0 Å². The summed E-state index contributed by atoms with van der Waals surface area (Å²) in [7, 11) is 0. The lowest BCUT2D eigenvalue weighted by Gasteiger charge is -2.34. The Balaban J connectivity index is 1.47. The van der Waals surface area contributed by atoms with Crippen LogP contribution in [0, 0.1) is 6.92 Å². The number of rotatable bonds is 2. The summed E-state index contributed by atoms with van der Waals surface area (Å²) in [6, 6.07) is 19.7. The Morgan fingerprint density at radius 3 is 2.50 bits per heavy atom. The molecular formula is C23H23N3. The van der Waals surface area contributed by atoms with Crippen LogP contribution in [0.3, 0.4) is 0 Å². The molecule has 2 aromatic carbocycles. The third-order valence-electron chi connectivity index (χ3n) is 5.81. The van der Waals surface area contributed by atoms with Gasteiger partial charge in [-0.3, -0.25) is 4.98 Å². The van der Waals surface area contributed by atoms with Crippen LogP contribution in [-0.2, 0) is 0 Å². The van der Waals surface area contributed by atoms with Gasteiger partial charge < -0.3 is 9.30 Å². The van der Waals surface area contributed by atoms with Crippen LogP contribution in [-0.4, -0.2) is 22.5 Å². The number of nitrogens with zero attached hydrogens (tertiary/aromatic N) is 3. The lowest BCUT2D eigenvalue weighted by atomic mass is 9.89. The number of aromatic nitrogens is 2. The van der Waals surface area contributed by atoms with E-state index in [-0.39, 0.29) is 0 Å². The molecule has 0 radical (unpaired) electrons. The van der Waals surface area contributed by atoms with Crippen molar-refractivity contribution in [2.75, 3.05) is 18.0 Å². The van der Waals surface area contributed by atoms with Gasteiger partial charge in [-0.1, -0.05) is 36.4 Å². The minimum Gasteiger partial charge on any atom is -0.370 e. The van der Waals surface area contributed by atoms with Gasteiger partial charge in [0.05, 0.1) is 22.9 Å². The minimum absolute atomic E-state index is 0.675. The molecule has 1 fully saturated rings. The predicted molar refractivity (Wildman–Crippen MR) is 108 cm³/mol. The van der Waals surface area contributed by atoms with Crippen LogP contribution in [0.25, 0.3) is 16.6 Å². The number of hydrogen-bond donors (Lipinski definition) is 0. The molecule has 0 aliphatic carbocycles. The number of hydrogen-bond acceptors (Lipinski definition) is 2. The van der Waals surface area contributed by atoms with E-state index < -0.39 is 0 Å². The Hall–Kier alpha value is -2.81. The molecule has 2 aromatic heterocycles. The molecule has 0 saturated carbocycles. The second-order valence-corrected chi connectivity index (χ2v) is 7.33. The van der Waals surface area contributed by atoms with Crippen molar-refractivity contribution in [3.05, 3.63) is 78.1 Å². The monoisotopic (exact) mass is 341 g/mol. The first-order valence-electron chi connectivity index (χ1n) is 9.46. The van der Waals surface area contributed by atoms with Gasteiger partial charge in [0.25, 0.3) is 0 Å². The smallest absolute Gasteiger partial charge is 0.110 e. The Kier molecular flexibility index (Phi) is 3.66. The Bertz CT molecular complexity index is 1060. The Morgan fingerprint density at radius 1 is 0.885 bits per heavy atom. The van der Waals surface area contributed by atoms with E-state index in [1.54, 1.807) is 0 Å². The summed E-state index contributed by atoms with van der Waals surface area (Å²) in [5, 5.41) is 0. The zero-order valence-corrected chi connectivity index (χ0v) is 15.1. The highest BCUT2D eigenvalue weighted by Crippen LogP contribution is 2.33. The van der Waals surface area contributed by atoms with Crippen molar-refractivity contribution in [2.45, 2.75) is 25.7 Å². The fraction of sp³-hybridized carbons (Fsp3) is 0.261. The summed E-state index contributed by atoms with van der Waals surface area (Å²) in [5.41, 5.74) is 7.51. The van der Waals surface area contributed by atoms with Gasteiger partial charge in [-0.2, -0.15) is 0 Å². The van der Waals surface area contributed by atoms with Crippen LogP contribution in [0.2, 0.25) is 0 Å². The molecular weight excluding hydrogens is 318 g/mol. The van der Waals surface area contributed by atoms with E-state index in [4.69, 9.17) is 4.98 Å². The number of aryl methyl sites for hydroxylation is 1. The quantitative estimate of drug-likeness (QED) is 0.501. The van der Waals surface area contributed by atoms with Gasteiger partial charge >= 0.3 is 0 Å². The summed E-state index contributed by atoms with van der Waals surface area (Å²) in [6.07, 6.45) is 6.56. The molecule has 1 aliphatic rings. The van der Waals surface area contributed by atoms with Gasteiger partial charge in [-0.25, -0.2) is 0 Å². The van der Waals surface area contributed by atoms with E-state index in [2.05, 4.69) is 77.0 Å². The van der Waals surface area contributed by atoms with E-state index in [0.717, 1.165) is 18.6 Å². The molecule has 0 N–H and O–H groups in total. The van der Waals surface area contributed by atoms with Crippen molar-refractivity contribution >= 4 is 22.2 Å². The van der Waals surface area contributed by atoms with Crippen LogP contribution in [0.5, 0.6) is 0 Å². The molecule has 0 atom stereocenters. The van der Waals surface area contributed by atoms with E-state index in [1.807, 2.05) is 6.20 Å². The molecule has 26 heavy (non-hydrogen) atoms. The number of anilines is 1. The van der Waals surface area contributed by atoms with Crippen molar-refractivity contribution < 1.29 is 0 Å². The molecule has 4 aromatic rings. The first-order valence-corrected chi connectivity index (χ1v) is 9.46. The first kappa shape index (κ1) is 15.4. The third-order valence-corrected chi connectivity index (χ3v) is 5.81. The van der Waals surface area contributed by atoms with Crippen LogP contribution in [0.15, 0.2) is 67.0 Å². The summed E-state index contributed by atoms with van der Waals surface area (Å²) in [5.74, 6) is 0.675. The molecule has 3 heterocycles. The lowest BCUT2D eigenvalue weighted by Crippen LogP contribution is -2.33. The average Bonchev–Trinajstić information content (AvgIpc) is 3.10. The molecule has 0 unspecified atom stereocenters. The van der Waals surface area contributed by atoms with E-state index in [1.165, 1.54) is 40.7 Å². The number of para-hydroxylation sites is 1. The molecule has 0 bridgehead atoms. The first-order chi connectivity index (χ1) is 12.8. The highest BCUT2D eigenvalue weighted by atomic mass is 15.1. The number of fused-ring (bicyclic) bond motifs is 3. The molecule has 3 nitrogen and oxygen atoms in total. The highest BCUT2D eigenvalue weighted by molar-refractivity contribution is 5.90. The Labute approximate surface area is 153 Å². The van der Waals surface area contributed by atoms with Crippen molar-refractivity contribution in [3.8, 4) is 0 Å². The molecule has 3 heteroatoms. The number of piperidine rings is 1. The summed E-state index contributed by atoms with van der Waals surface area (Å²) < 4.78 is 2.26. The topological polar surface area (TPSA) is 20.5 Å². The van der Waals surface area contributed by atoms with Gasteiger partial charge in [0.2, 0.25) is 0 Å². The predicted octanol–water partition coefficient (Wildman–Crippen LogP) is 5.18. The van der Waals surface area contributed by atoms with Crippen molar-refractivity contribution in [1.29, 1.82) is 0 Å². The fourth-order valence-corrected chi connectivity index (χ4v) is 4.32. The van der Waals surface area contributed by atoms with Gasteiger partial charge in [0, 0.05) is 19.3 Å². The van der Waals surface area contributed by atoms with Crippen molar-refractivity contribution in [1.82, 2.24) is 9.38 Å². The Morgan fingerprint density at radius 2 is 1.69 bits per heavy atom. The maximum atomic E-state index is 4.83. The third kappa shape index (κ3) is 2.47. The van der Waals surface area contributed by atoms with E-state index in [9.17, 15) is 0 Å². The SMILES string of the molecule is Cc1ccn2c1cnc1c(N3CCC(c4ccccc4)CC3)cccc12. The number of benzene rings is 2. The standard InChI is InChI=1S/C23H23N3/c1-17-10-15-26-21-9-5-8-20(23(21)24-16-22(17)26)25-13-11-19(12-14-25)18-6-3-2-4-7-18/h2-10,15-16,19H,11-14H2,1H3. The fourth-order valence-electron chi connectivity index (χ4n) is 4.32. The second kappa shape index (κ2) is 6.17. The largest absolute Gasteiger partial charge is 0.370 e. The van der Waals surface area contributed by atoms with E-state index in [0.29, 0.717) is 5.92 Å². The summed E-state index contributed by atoms with van der Waals surface area (Å²) in [4.78, 5) is 7.34. The van der Waals surface area contributed by atoms with Crippen LogP contribution < -0.4 is 4.90 Å². The summed E-state index contributed by atoms with van der Waals surface area (Å²) in [6.45, 7) is 4.31. The van der Waals surface area contributed by atoms with Crippen LogP contribution in [0.4, 0.5) is 5.69 Å². The molecule has 130 valence electrons. The second-order valence-electron chi connectivity index (χ2n) is 7.33. The summed E-state index contributed by atoms with van der Waals surface area (Å²) >= 11 is 0. The average molecular weight is 341 g/mol. The maximum absolute atomic E-state index is 4.83. The molecule has 1 saturated heterocycles. The molecule has 1 aliphatic heterocycles. The van der Waals surface area contributed by atoms with Crippen molar-refractivity contribution in [2.24, 2.45) is 0 Å². The normalized spacial score (nSPS) is 15.8. The van der Waals surface area contributed by atoms with Gasteiger partial charge in [-0.15, -0.1) is 0 Å². The van der Waals surface area contributed by atoms with Gasteiger partial charge in [0.1, 0.15) is 5.52 Å². The highest BCUT2D eigenvalue weighted by Gasteiger charge is 2.22. The van der Waals surface area contributed by atoms with Crippen LogP contribution >= 0.6 is 0 Å². The van der Waals surface area contributed by atoms with E-state index >= 15 is 0 Å². The molecule has 5 rings (SSSR count). The zero-order chi connectivity index (χ0) is 17.5. The minimum atomic E-state index is 0.675. The molecule has 0 spiro atoms. The lowest BCUT2D eigenvalue weighted by molar-refractivity contribution is 0.506. The van der Waals surface area contributed by atoms with Crippen LogP contribution in [0.1, 0.15) is 29.9 Å². The maximum Gasteiger partial charge on any atom is 0.110 e. The molecule has 0 amide bonds. The van der Waals surface area contributed by atoms with Crippen molar-refractivity contribution in [3.63, 3.8) is 0 Å². The zero-order valence-electron chi connectivity index (χ0n) is 15.1.